The smallest absolute Gasteiger partial charge is 0.192 e. The second kappa shape index (κ2) is 22.2. The Bertz CT molecular complexity index is 1540. The minimum absolute atomic E-state index is 0.0238. The van der Waals surface area contributed by atoms with E-state index in [0.717, 1.165) is 54.1 Å². The molecule has 314 valence electrons. The van der Waals surface area contributed by atoms with Crippen molar-refractivity contribution < 1.29 is 47.1 Å². The van der Waals surface area contributed by atoms with E-state index in [1.807, 2.05) is 78.9 Å². The van der Waals surface area contributed by atoms with Crippen LogP contribution in [-0.2, 0) is 66.9 Å². The Morgan fingerprint density at radius 2 is 1.05 bits per heavy atom. The average Bonchev–Trinajstić information content (AvgIpc) is 3.25. The van der Waals surface area contributed by atoms with E-state index in [4.69, 9.17) is 47.1 Å². The molecule has 3 heterocycles. The van der Waals surface area contributed by atoms with Crippen LogP contribution >= 0.6 is 0 Å². The summed E-state index contributed by atoms with van der Waals surface area (Å²) in [6.45, 7) is 12.4. The van der Waals surface area contributed by atoms with E-state index in [0.29, 0.717) is 26.2 Å². The van der Waals surface area contributed by atoms with Crippen molar-refractivity contribution in [3.8, 4) is 0 Å². The Kier molecular flexibility index (Phi) is 17.1. The van der Waals surface area contributed by atoms with Gasteiger partial charge in [-0.25, -0.2) is 0 Å². The lowest BCUT2D eigenvalue weighted by molar-refractivity contribution is -0.350. The molecule has 3 aliphatic heterocycles. The molecule has 11 heteroatoms. The lowest BCUT2D eigenvalue weighted by atomic mass is 9.97. The summed E-state index contributed by atoms with van der Waals surface area (Å²) in [7, 11) is -0.0985. The molecule has 0 aromatic heterocycles. The first-order valence-corrected chi connectivity index (χ1v) is 23.8. The van der Waals surface area contributed by atoms with E-state index in [1.54, 1.807) is 7.11 Å². The lowest BCUT2D eigenvalue weighted by Crippen LogP contribution is -2.62. The molecule has 0 amide bonds. The van der Waals surface area contributed by atoms with E-state index in [1.165, 1.54) is 0 Å². The fraction of sp³-hybridized carbons (Fsp3) is 0.609. The predicted molar refractivity (Wildman–Crippen MR) is 221 cm³/mol. The maximum Gasteiger partial charge on any atom is 0.192 e. The Balaban J connectivity index is 1.14. The van der Waals surface area contributed by atoms with Gasteiger partial charge >= 0.3 is 0 Å². The summed E-state index contributed by atoms with van der Waals surface area (Å²) < 4.78 is 65.8. The van der Waals surface area contributed by atoms with Crippen LogP contribution in [-0.4, -0.2) is 89.7 Å². The molecule has 3 aromatic carbocycles. The van der Waals surface area contributed by atoms with Crippen molar-refractivity contribution in [2.75, 3.05) is 13.7 Å². The van der Waals surface area contributed by atoms with Gasteiger partial charge in [-0.3, -0.25) is 0 Å². The minimum Gasteiger partial charge on any atom is -0.411 e. The predicted octanol–water partition coefficient (Wildman–Crippen LogP) is 8.96. The zero-order valence-corrected chi connectivity index (χ0v) is 35.9. The maximum atomic E-state index is 6.95. The first-order chi connectivity index (χ1) is 27.8. The summed E-state index contributed by atoms with van der Waals surface area (Å²) in [6.07, 6.45) is -1.01. The molecule has 11 atom stereocenters. The zero-order valence-electron chi connectivity index (χ0n) is 34.9. The van der Waals surface area contributed by atoms with Crippen molar-refractivity contribution in [1.29, 1.82) is 0 Å². The molecular formula is C46H66O10Si. The van der Waals surface area contributed by atoms with Crippen molar-refractivity contribution in [2.45, 2.75) is 166 Å². The van der Waals surface area contributed by atoms with Gasteiger partial charge in [-0.2, -0.15) is 0 Å². The normalized spacial score (nSPS) is 30.9. The molecule has 0 radical (unpaired) electrons. The van der Waals surface area contributed by atoms with Crippen LogP contribution in [0.1, 0.15) is 77.0 Å². The van der Waals surface area contributed by atoms with Gasteiger partial charge in [0.1, 0.15) is 24.4 Å². The summed E-state index contributed by atoms with van der Waals surface area (Å²) in [4.78, 5) is 0. The Labute approximate surface area is 341 Å². The highest BCUT2D eigenvalue weighted by Gasteiger charge is 2.50. The third-order valence-corrected chi connectivity index (χ3v) is 16.6. The molecule has 3 aromatic rings. The summed E-state index contributed by atoms with van der Waals surface area (Å²) in [6, 6.07) is 33.7. The summed E-state index contributed by atoms with van der Waals surface area (Å²) in [5.74, 6) is 0. The van der Waals surface area contributed by atoms with Gasteiger partial charge in [-0.15, -0.1) is 0 Å². The molecule has 3 fully saturated rings. The fourth-order valence-corrected chi connectivity index (χ4v) is 11.2. The van der Waals surface area contributed by atoms with Gasteiger partial charge in [-0.05, 0) is 61.5 Å². The third kappa shape index (κ3) is 12.3. The van der Waals surface area contributed by atoms with Gasteiger partial charge in [0.2, 0.25) is 0 Å². The van der Waals surface area contributed by atoms with Crippen molar-refractivity contribution >= 4 is 8.32 Å². The largest absolute Gasteiger partial charge is 0.411 e. The fourth-order valence-electron chi connectivity index (χ4n) is 8.22. The molecule has 0 saturated carbocycles. The van der Waals surface area contributed by atoms with Crippen molar-refractivity contribution in [3.05, 3.63) is 108 Å². The molecule has 3 aliphatic rings. The monoisotopic (exact) mass is 806 g/mol. The summed E-state index contributed by atoms with van der Waals surface area (Å²) >= 11 is 0. The standard InChI is InChI=1S/C46H66O10Si/c1-7-57(8-2,9-3)56-39-26-28-41(52-34(39)5)53-38-25-27-42(51-33(38)4)55-43-40(32-48-29-35-19-13-10-14-20-35)54-46(47-6)45(50-31-37-23-17-12-18-24-37)44(43)49-30-36-21-15-11-16-22-36/h10-24,33-34,38-46H,7-9,25-32H2,1-6H3/t33-,34-,38-,39-,40+,41-,42-,43+,44-,45+,46-/m0/s1. The lowest BCUT2D eigenvalue weighted by Gasteiger charge is -2.47. The van der Waals surface area contributed by atoms with Crippen molar-refractivity contribution in [1.82, 2.24) is 0 Å². The minimum atomic E-state index is -1.73. The number of rotatable bonds is 20. The molecule has 57 heavy (non-hydrogen) atoms. The van der Waals surface area contributed by atoms with Gasteiger partial charge in [0.15, 0.2) is 27.2 Å². The number of hydrogen-bond acceptors (Lipinski definition) is 10. The second-order valence-electron chi connectivity index (χ2n) is 15.7. The highest BCUT2D eigenvalue weighted by molar-refractivity contribution is 6.73. The molecule has 0 unspecified atom stereocenters. The van der Waals surface area contributed by atoms with Crippen LogP contribution < -0.4 is 0 Å². The highest BCUT2D eigenvalue weighted by atomic mass is 28.4. The molecule has 0 spiro atoms. The van der Waals surface area contributed by atoms with E-state index < -0.39 is 45.3 Å². The van der Waals surface area contributed by atoms with E-state index in [9.17, 15) is 0 Å². The van der Waals surface area contributed by atoms with E-state index in [2.05, 4.69) is 46.8 Å². The molecule has 0 aliphatic carbocycles. The van der Waals surface area contributed by atoms with Gasteiger partial charge in [0, 0.05) is 20.0 Å². The van der Waals surface area contributed by atoms with Crippen molar-refractivity contribution in [3.63, 3.8) is 0 Å². The van der Waals surface area contributed by atoms with Crippen LogP contribution in [0.25, 0.3) is 0 Å². The first-order valence-electron chi connectivity index (χ1n) is 21.2. The molecule has 0 N–H and O–H groups in total. The number of methoxy groups -OCH3 is 1. The van der Waals surface area contributed by atoms with E-state index in [-0.39, 0.29) is 37.3 Å². The van der Waals surface area contributed by atoms with Crippen LogP contribution in [0.2, 0.25) is 18.1 Å². The van der Waals surface area contributed by atoms with Gasteiger partial charge in [0.25, 0.3) is 0 Å². The highest BCUT2D eigenvalue weighted by Crippen LogP contribution is 2.36. The van der Waals surface area contributed by atoms with Crippen LogP contribution in [0.15, 0.2) is 91.0 Å². The number of hydrogen-bond donors (Lipinski definition) is 0. The molecule has 10 nitrogen and oxygen atoms in total. The van der Waals surface area contributed by atoms with Crippen molar-refractivity contribution in [2.24, 2.45) is 0 Å². The Morgan fingerprint density at radius 3 is 1.56 bits per heavy atom. The Morgan fingerprint density at radius 1 is 0.561 bits per heavy atom. The molecule has 6 rings (SSSR count). The third-order valence-electron chi connectivity index (χ3n) is 11.9. The quantitative estimate of drug-likeness (QED) is 0.103. The van der Waals surface area contributed by atoms with Crippen LogP contribution in [0, 0.1) is 0 Å². The molecular weight excluding hydrogens is 741 g/mol. The Hall–Kier alpha value is -2.52. The first kappa shape index (κ1) is 44.0. The van der Waals surface area contributed by atoms with Crippen LogP contribution in [0.5, 0.6) is 0 Å². The SMILES string of the molecule is CC[Si](CC)(CC)O[C@H]1CC[C@H](O[C@H]2CC[C@H](O[C@H]3[C@H](OCc4ccccc4)[C@@H](OCc4ccccc4)[C@@H](OC)O[C@@H]3COCc3ccccc3)O[C@H]2C)O[C@H]1C. The number of benzene rings is 3. The maximum absolute atomic E-state index is 6.95. The van der Waals surface area contributed by atoms with Crippen LogP contribution in [0.3, 0.4) is 0 Å². The van der Waals surface area contributed by atoms with Gasteiger partial charge < -0.3 is 47.1 Å². The topological polar surface area (TPSA) is 92.3 Å². The second-order valence-corrected chi connectivity index (χ2v) is 20.4. The summed E-state index contributed by atoms with van der Waals surface area (Å²) in [5.41, 5.74) is 3.15. The zero-order chi connectivity index (χ0) is 40.0. The molecule has 3 saturated heterocycles. The van der Waals surface area contributed by atoms with Crippen LogP contribution in [0.4, 0.5) is 0 Å². The number of ether oxygens (including phenoxy) is 9. The molecule has 0 bridgehead atoms. The van der Waals surface area contributed by atoms with Gasteiger partial charge in [0.05, 0.1) is 50.8 Å². The summed E-state index contributed by atoms with van der Waals surface area (Å²) in [5, 5.41) is 0. The van der Waals surface area contributed by atoms with E-state index >= 15 is 0 Å². The van der Waals surface area contributed by atoms with Gasteiger partial charge in [-0.1, -0.05) is 112 Å². The average molecular weight is 807 g/mol.